The summed E-state index contributed by atoms with van der Waals surface area (Å²) < 4.78 is 0. The van der Waals surface area contributed by atoms with Gasteiger partial charge in [0, 0.05) is 12.4 Å². The molecule has 1 N–H and O–H groups in total. The van der Waals surface area contributed by atoms with Crippen LogP contribution in [0.25, 0.3) is 11.0 Å². The molecule has 1 aliphatic rings. The van der Waals surface area contributed by atoms with E-state index in [1.165, 1.54) is 0 Å². The average molecular weight is 260 g/mol. The van der Waals surface area contributed by atoms with E-state index in [9.17, 15) is 0 Å². The molecular weight excluding hydrogens is 248 g/mol. The van der Waals surface area contributed by atoms with Crippen LogP contribution in [0.5, 0.6) is 0 Å². The minimum Gasteiger partial charge on any atom is -0.359 e. The van der Waals surface area contributed by atoms with Gasteiger partial charge in [0.15, 0.2) is 5.82 Å². The molecule has 0 amide bonds. The molecule has 1 aliphatic heterocycles. The lowest BCUT2D eigenvalue weighted by atomic mass is 10.2. The second kappa shape index (κ2) is 4.35. The van der Waals surface area contributed by atoms with Crippen molar-refractivity contribution in [3.8, 4) is 0 Å². The fourth-order valence-corrected chi connectivity index (χ4v) is 2.35. The van der Waals surface area contributed by atoms with Crippen molar-refractivity contribution < 1.29 is 0 Å². The monoisotopic (exact) mass is 260 g/mol. The van der Waals surface area contributed by atoms with Crippen molar-refractivity contribution in [3.63, 3.8) is 0 Å². The predicted octanol–water partition coefficient (Wildman–Crippen LogP) is 3.66. The van der Waals surface area contributed by atoms with Crippen molar-refractivity contribution in [1.82, 2.24) is 9.97 Å². The Morgan fingerprint density at radius 1 is 0.900 bits per heavy atom. The lowest BCUT2D eigenvalue weighted by Gasteiger charge is -2.25. The van der Waals surface area contributed by atoms with Gasteiger partial charge in [-0.3, -0.25) is 9.88 Å². The summed E-state index contributed by atoms with van der Waals surface area (Å²) in [6.45, 7) is 0. The molecular formula is C16H12N4. The number of benzene rings is 2. The molecule has 2 heterocycles. The van der Waals surface area contributed by atoms with Crippen molar-refractivity contribution in [2.75, 3.05) is 10.2 Å². The Bertz CT molecular complexity index is 810. The Hall–Kier alpha value is -2.88. The SMILES string of the molecule is C1=CN(c2cnc3ccccc3n2)c2ccccc2N1. The smallest absolute Gasteiger partial charge is 0.156 e. The van der Waals surface area contributed by atoms with Gasteiger partial charge in [0.2, 0.25) is 0 Å². The van der Waals surface area contributed by atoms with Gasteiger partial charge in [0.05, 0.1) is 28.6 Å². The largest absolute Gasteiger partial charge is 0.359 e. The van der Waals surface area contributed by atoms with Crippen LogP contribution in [0.2, 0.25) is 0 Å². The van der Waals surface area contributed by atoms with Gasteiger partial charge in [-0.25, -0.2) is 4.98 Å². The summed E-state index contributed by atoms with van der Waals surface area (Å²) in [5, 5.41) is 3.23. The van der Waals surface area contributed by atoms with Crippen molar-refractivity contribution in [2.45, 2.75) is 0 Å². The Balaban J connectivity index is 1.86. The van der Waals surface area contributed by atoms with Crippen LogP contribution >= 0.6 is 0 Å². The fraction of sp³-hybridized carbons (Fsp3) is 0. The molecule has 4 rings (SSSR count). The number of rotatable bonds is 1. The van der Waals surface area contributed by atoms with Crippen LogP contribution in [0.15, 0.2) is 67.1 Å². The van der Waals surface area contributed by atoms with E-state index >= 15 is 0 Å². The lowest BCUT2D eigenvalue weighted by Crippen LogP contribution is -2.16. The molecule has 3 aromatic rings. The van der Waals surface area contributed by atoms with Crippen molar-refractivity contribution in [1.29, 1.82) is 0 Å². The van der Waals surface area contributed by atoms with Crippen LogP contribution < -0.4 is 10.2 Å². The molecule has 1 aromatic heterocycles. The second-order valence-electron chi connectivity index (χ2n) is 4.56. The number of nitrogens with zero attached hydrogens (tertiary/aromatic N) is 3. The molecule has 0 radical (unpaired) electrons. The number of nitrogens with one attached hydrogen (secondary N) is 1. The van der Waals surface area contributed by atoms with Crippen LogP contribution in [0.3, 0.4) is 0 Å². The Morgan fingerprint density at radius 3 is 2.65 bits per heavy atom. The number of fused-ring (bicyclic) bond motifs is 2. The van der Waals surface area contributed by atoms with E-state index in [1.807, 2.05) is 59.8 Å². The highest BCUT2D eigenvalue weighted by Gasteiger charge is 2.15. The zero-order valence-electron chi connectivity index (χ0n) is 10.7. The van der Waals surface area contributed by atoms with Gasteiger partial charge in [0.1, 0.15) is 0 Å². The molecule has 0 saturated heterocycles. The maximum Gasteiger partial charge on any atom is 0.156 e. The van der Waals surface area contributed by atoms with Crippen LogP contribution in [0.4, 0.5) is 17.2 Å². The summed E-state index contributed by atoms with van der Waals surface area (Å²) in [5.41, 5.74) is 3.93. The van der Waals surface area contributed by atoms with Gasteiger partial charge in [0.25, 0.3) is 0 Å². The molecule has 0 spiro atoms. The van der Waals surface area contributed by atoms with Crippen LogP contribution in [-0.4, -0.2) is 9.97 Å². The van der Waals surface area contributed by atoms with Gasteiger partial charge in [-0.1, -0.05) is 24.3 Å². The number of aromatic nitrogens is 2. The summed E-state index contributed by atoms with van der Waals surface area (Å²) in [5.74, 6) is 0.814. The van der Waals surface area contributed by atoms with Gasteiger partial charge < -0.3 is 5.32 Å². The first-order chi connectivity index (χ1) is 9.92. The predicted molar refractivity (Wildman–Crippen MR) is 80.9 cm³/mol. The summed E-state index contributed by atoms with van der Waals surface area (Å²) >= 11 is 0. The maximum atomic E-state index is 4.68. The molecule has 96 valence electrons. The molecule has 20 heavy (non-hydrogen) atoms. The molecule has 0 atom stereocenters. The molecule has 0 unspecified atom stereocenters. The summed E-state index contributed by atoms with van der Waals surface area (Å²) in [6, 6.07) is 16.0. The first kappa shape index (κ1) is 11.0. The van der Waals surface area contributed by atoms with Crippen molar-refractivity contribution >= 4 is 28.2 Å². The summed E-state index contributed by atoms with van der Waals surface area (Å²) in [4.78, 5) is 11.2. The third-order valence-electron chi connectivity index (χ3n) is 3.31. The molecule has 0 aliphatic carbocycles. The number of hydrogen-bond donors (Lipinski definition) is 1. The molecule has 0 fully saturated rings. The minimum atomic E-state index is 0.814. The highest BCUT2D eigenvalue weighted by molar-refractivity contribution is 5.82. The van der Waals surface area contributed by atoms with E-state index in [-0.39, 0.29) is 0 Å². The third kappa shape index (κ3) is 1.70. The molecule has 4 nitrogen and oxygen atoms in total. The van der Waals surface area contributed by atoms with Gasteiger partial charge >= 0.3 is 0 Å². The highest BCUT2D eigenvalue weighted by atomic mass is 15.2. The number of para-hydroxylation sites is 4. The minimum absolute atomic E-state index is 0.814. The zero-order chi connectivity index (χ0) is 13.4. The van der Waals surface area contributed by atoms with E-state index in [2.05, 4.69) is 21.4 Å². The summed E-state index contributed by atoms with van der Waals surface area (Å²) in [6.07, 6.45) is 5.66. The first-order valence-corrected chi connectivity index (χ1v) is 6.45. The average Bonchev–Trinajstić information content (AvgIpc) is 2.54. The topological polar surface area (TPSA) is 41.1 Å². The van der Waals surface area contributed by atoms with E-state index in [4.69, 9.17) is 0 Å². The number of anilines is 3. The number of hydrogen-bond acceptors (Lipinski definition) is 4. The first-order valence-electron chi connectivity index (χ1n) is 6.45. The van der Waals surface area contributed by atoms with Crippen LogP contribution in [0, 0.1) is 0 Å². The Labute approximate surface area is 116 Å². The molecule has 4 heteroatoms. The molecule has 0 saturated carbocycles. The summed E-state index contributed by atoms with van der Waals surface area (Å²) in [7, 11) is 0. The van der Waals surface area contributed by atoms with E-state index in [0.29, 0.717) is 0 Å². The third-order valence-corrected chi connectivity index (χ3v) is 3.31. The van der Waals surface area contributed by atoms with Crippen LogP contribution in [-0.2, 0) is 0 Å². The molecule has 0 bridgehead atoms. The van der Waals surface area contributed by atoms with Gasteiger partial charge in [-0.15, -0.1) is 0 Å². The quantitative estimate of drug-likeness (QED) is 0.725. The molecule has 2 aromatic carbocycles. The maximum absolute atomic E-state index is 4.68. The normalized spacial score (nSPS) is 13.1. The van der Waals surface area contributed by atoms with E-state index in [1.54, 1.807) is 6.20 Å². The highest BCUT2D eigenvalue weighted by Crippen LogP contribution is 2.34. The van der Waals surface area contributed by atoms with Gasteiger partial charge in [-0.05, 0) is 24.3 Å². The van der Waals surface area contributed by atoms with E-state index in [0.717, 1.165) is 28.2 Å². The second-order valence-corrected chi connectivity index (χ2v) is 4.56. The van der Waals surface area contributed by atoms with Crippen molar-refractivity contribution in [2.24, 2.45) is 0 Å². The standard InChI is InChI=1S/C16H12N4/c1-2-6-13-12(5-1)18-11-16(19-13)20-10-9-17-14-7-3-4-8-15(14)20/h1-11,17H. The van der Waals surface area contributed by atoms with Crippen LogP contribution in [0.1, 0.15) is 0 Å². The Morgan fingerprint density at radius 2 is 1.70 bits per heavy atom. The van der Waals surface area contributed by atoms with E-state index < -0.39 is 0 Å². The lowest BCUT2D eigenvalue weighted by molar-refractivity contribution is 1.15. The van der Waals surface area contributed by atoms with Gasteiger partial charge in [-0.2, -0.15) is 0 Å². The Kier molecular flexibility index (Phi) is 2.39. The fourth-order valence-electron chi connectivity index (χ4n) is 2.35. The zero-order valence-corrected chi connectivity index (χ0v) is 10.7. The van der Waals surface area contributed by atoms with Crippen molar-refractivity contribution in [3.05, 3.63) is 67.1 Å².